The number of fused-ring (bicyclic) bond motifs is 1. The van der Waals surface area contributed by atoms with E-state index in [2.05, 4.69) is 27.5 Å². The summed E-state index contributed by atoms with van der Waals surface area (Å²) in [6.07, 6.45) is -0.958. The molecule has 0 saturated heterocycles. The Balaban J connectivity index is 2.38. The molecule has 0 unspecified atom stereocenters. The largest absolute Gasteiger partial charge is 0.352 e. The molecule has 1 heterocycles. The summed E-state index contributed by atoms with van der Waals surface area (Å²) >= 11 is 3.36. The number of aromatic amines is 1. The molecule has 5 heteroatoms. The van der Waals surface area contributed by atoms with Crippen LogP contribution in [0.1, 0.15) is 22.5 Å². The van der Waals surface area contributed by atoms with Crippen LogP contribution in [0.2, 0.25) is 0 Å². The van der Waals surface area contributed by atoms with E-state index in [1.165, 1.54) is 6.08 Å². The van der Waals surface area contributed by atoms with Crippen LogP contribution in [0.3, 0.4) is 0 Å². The number of H-pyrrole nitrogens is 1. The van der Waals surface area contributed by atoms with Gasteiger partial charge >= 0.3 is 0 Å². The van der Waals surface area contributed by atoms with Gasteiger partial charge in [-0.25, -0.2) is 8.78 Å². The topological polar surface area (TPSA) is 32.9 Å². The summed E-state index contributed by atoms with van der Waals surface area (Å²) in [6, 6.07) is 5.33. The number of carbonyl (C=O) groups excluding carboxylic acids is 1. The lowest BCUT2D eigenvalue weighted by molar-refractivity contribution is 0.104. The van der Waals surface area contributed by atoms with Gasteiger partial charge in [0.25, 0.3) is 0 Å². The number of alkyl halides is 2. The van der Waals surface area contributed by atoms with Crippen molar-refractivity contribution in [3.05, 3.63) is 46.6 Å². The molecular formula is C14H12BrF2NO. The third-order valence-electron chi connectivity index (χ3n) is 2.87. The number of hydrogen-bond acceptors (Lipinski definition) is 1. The Morgan fingerprint density at radius 1 is 1.42 bits per heavy atom. The van der Waals surface area contributed by atoms with Crippen LogP contribution in [0, 0.1) is 0 Å². The summed E-state index contributed by atoms with van der Waals surface area (Å²) in [5.74, 6) is -0.193. The summed E-state index contributed by atoms with van der Waals surface area (Å²) in [5, 5.41) is 0.831. The van der Waals surface area contributed by atoms with Crippen LogP contribution >= 0.6 is 15.9 Å². The molecule has 1 aromatic carbocycles. The van der Waals surface area contributed by atoms with Gasteiger partial charge in [0.05, 0.1) is 5.69 Å². The zero-order valence-electron chi connectivity index (χ0n) is 10.1. The van der Waals surface area contributed by atoms with Gasteiger partial charge in [-0.05, 0) is 36.3 Å². The quantitative estimate of drug-likeness (QED) is 0.636. The Kier molecular flexibility index (Phi) is 4.14. The van der Waals surface area contributed by atoms with E-state index in [0.717, 1.165) is 20.9 Å². The number of carbonyl (C=O) groups is 1. The highest BCUT2D eigenvalue weighted by Crippen LogP contribution is 2.26. The standard InChI is InChI=1S/C14H12BrF2NO/c1-2-13(19)12-6-9-5-8(3-4-14(16)17)10(15)7-11(9)18-12/h2,5-7,14,18H,1,3-4H2. The highest BCUT2D eigenvalue weighted by atomic mass is 79.9. The summed E-state index contributed by atoms with van der Waals surface area (Å²) in [4.78, 5) is 14.5. The van der Waals surface area contributed by atoms with Crippen LogP contribution in [0.4, 0.5) is 8.78 Å². The van der Waals surface area contributed by atoms with Gasteiger partial charge in [0.2, 0.25) is 12.2 Å². The Morgan fingerprint density at radius 3 is 2.79 bits per heavy atom. The summed E-state index contributed by atoms with van der Waals surface area (Å²) in [7, 11) is 0. The minimum absolute atomic E-state index is 0.174. The molecule has 0 aliphatic carbocycles. The fourth-order valence-corrected chi connectivity index (χ4v) is 2.44. The third-order valence-corrected chi connectivity index (χ3v) is 3.61. The van der Waals surface area contributed by atoms with E-state index >= 15 is 0 Å². The number of rotatable bonds is 5. The van der Waals surface area contributed by atoms with Gasteiger partial charge in [0.1, 0.15) is 0 Å². The lowest BCUT2D eigenvalue weighted by Crippen LogP contribution is -1.95. The monoisotopic (exact) mass is 327 g/mol. The Hall–Kier alpha value is -1.49. The minimum atomic E-state index is -2.31. The molecule has 1 N–H and O–H groups in total. The lowest BCUT2D eigenvalue weighted by atomic mass is 10.1. The van der Waals surface area contributed by atoms with Crippen molar-refractivity contribution in [3.8, 4) is 0 Å². The van der Waals surface area contributed by atoms with Gasteiger partial charge in [0.15, 0.2) is 0 Å². The molecular weight excluding hydrogens is 316 g/mol. The van der Waals surface area contributed by atoms with E-state index in [-0.39, 0.29) is 12.2 Å². The second kappa shape index (κ2) is 5.65. The molecule has 0 atom stereocenters. The van der Waals surface area contributed by atoms with E-state index in [1.54, 1.807) is 12.1 Å². The molecule has 0 spiro atoms. The van der Waals surface area contributed by atoms with Gasteiger partial charge in [0, 0.05) is 21.8 Å². The van der Waals surface area contributed by atoms with Crippen LogP contribution in [-0.4, -0.2) is 17.2 Å². The van der Waals surface area contributed by atoms with Crippen molar-refractivity contribution in [2.24, 2.45) is 0 Å². The number of halogens is 3. The molecule has 2 rings (SSSR count). The first-order chi connectivity index (χ1) is 9.01. The molecule has 1 aromatic heterocycles. The van der Waals surface area contributed by atoms with Crippen molar-refractivity contribution < 1.29 is 13.6 Å². The molecule has 2 nitrogen and oxygen atoms in total. The Labute approximate surface area is 117 Å². The normalized spacial score (nSPS) is 11.2. The molecule has 0 amide bonds. The van der Waals surface area contributed by atoms with Crippen LogP contribution in [-0.2, 0) is 6.42 Å². The van der Waals surface area contributed by atoms with Crippen LogP contribution in [0.5, 0.6) is 0 Å². The van der Waals surface area contributed by atoms with Gasteiger partial charge in [-0.1, -0.05) is 22.5 Å². The maximum atomic E-state index is 12.2. The van der Waals surface area contributed by atoms with Gasteiger partial charge < -0.3 is 4.98 Å². The minimum Gasteiger partial charge on any atom is -0.352 e. The fourth-order valence-electron chi connectivity index (χ4n) is 1.90. The summed E-state index contributed by atoms with van der Waals surface area (Å²) in [5.41, 5.74) is 2.05. The SMILES string of the molecule is C=CC(=O)c1cc2cc(CCC(F)F)c(Br)cc2[nH]1. The number of nitrogens with one attached hydrogen (secondary N) is 1. The molecule has 0 saturated carbocycles. The Morgan fingerprint density at radius 2 is 2.16 bits per heavy atom. The second-order valence-electron chi connectivity index (χ2n) is 4.21. The van der Waals surface area contributed by atoms with Crippen molar-refractivity contribution >= 4 is 32.6 Å². The molecule has 2 aromatic rings. The molecule has 0 aliphatic heterocycles. The average molecular weight is 328 g/mol. The van der Waals surface area contributed by atoms with Gasteiger partial charge in [-0.15, -0.1) is 0 Å². The molecule has 0 radical (unpaired) electrons. The lowest BCUT2D eigenvalue weighted by Gasteiger charge is -2.04. The maximum absolute atomic E-state index is 12.2. The first-order valence-electron chi connectivity index (χ1n) is 5.77. The number of aryl methyl sites for hydroxylation is 1. The van der Waals surface area contributed by atoms with Gasteiger partial charge in [-0.2, -0.15) is 0 Å². The molecule has 100 valence electrons. The zero-order chi connectivity index (χ0) is 14.0. The van der Waals surface area contributed by atoms with E-state index in [1.807, 2.05) is 6.07 Å². The van der Waals surface area contributed by atoms with Crippen LogP contribution in [0.15, 0.2) is 35.3 Å². The number of allylic oxidation sites excluding steroid dienone is 1. The summed E-state index contributed by atoms with van der Waals surface area (Å²) < 4.78 is 25.3. The van der Waals surface area contributed by atoms with Crippen molar-refractivity contribution in [1.82, 2.24) is 4.98 Å². The molecule has 0 fully saturated rings. The molecule has 19 heavy (non-hydrogen) atoms. The smallest absolute Gasteiger partial charge is 0.239 e. The first kappa shape index (κ1) is 13.9. The Bertz CT molecular complexity index is 634. The average Bonchev–Trinajstić information content (AvgIpc) is 2.77. The van der Waals surface area contributed by atoms with E-state index in [4.69, 9.17) is 0 Å². The second-order valence-corrected chi connectivity index (χ2v) is 5.07. The first-order valence-corrected chi connectivity index (χ1v) is 6.56. The van der Waals surface area contributed by atoms with E-state index in [9.17, 15) is 13.6 Å². The zero-order valence-corrected chi connectivity index (χ0v) is 11.6. The van der Waals surface area contributed by atoms with Gasteiger partial charge in [-0.3, -0.25) is 4.79 Å². The van der Waals surface area contributed by atoms with Crippen molar-refractivity contribution in [3.63, 3.8) is 0 Å². The molecule has 0 bridgehead atoms. The van der Waals surface area contributed by atoms with E-state index < -0.39 is 6.43 Å². The summed E-state index contributed by atoms with van der Waals surface area (Å²) in [6.45, 7) is 3.43. The number of aromatic nitrogens is 1. The predicted octanol–water partition coefficient (Wildman–Crippen LogP) is 4.50. The number of hydrogen-bond donors (Lipinski definition) is 1. The predicted molar refractivity (Wildman–Crippen MR) is 74.9 cm³/mol. The maximum Gasteiger partial charge on any atom is 0.239 e. The number of ketones is 1. The van der Waals surface area contributed by atoms with Crippen molar-refractivity contribution in [2.75, 3.05) is 0 Å². The van der Waals surface area contributed by atoms with Crippen LogP contribution < -0.4 is 0 Å². The van der Waals surface area contributed by atoms with Crippen molar-refractivity contribution in [2.45, 2.75) is 19.3 Å². The number of benzene rings is 1. The van der Waals surface area contributed by atoms with Crippen LogP contribution in [0.25, 0.3) is 10.9 Å². The highest BCUT2D eigenvalue weighted by Gasteiger charge is 2.11. The van der Waals surface area contributed by atoms with E-state index in [0.29, 0.717) is 12.1 Å². The third kappa shape index (κ3) is 3.10. The fraction of sp³-hybridized carbons (Fsp3) is 0.214. The van der Waals surface area contributed by atoms with Crippen molar-refractivity contribution in [1.29, 1.82) is 0 Å². The highest BCUT2D eigenvalue weighted by molar-refractivity contribution is 9.10. The molecule has 0 aliphatic rings.